The smallest absolute Gasteiger partial charge is 0.146 e. The lowest BCUT2D eigenvalue weighted by Gasteiger charge is -2.15. The van der Waals surface area contributed by atoms with E-state index in [1.54, 1.807) is 11.3 Å². The maximum atomic E-state index is 6.08. The van der Waals surface area contributed by atoms with Crippen molar-refractivity contribution >= 4 is 27.4 Å². The lowest BCUT2D eigenvalue weighted by molar-refractivity contribution is 0.313. The third kappa shape index (κ3) is 3.04. The molecule has 2 rings (SSSR count). The molecule has 0 unspecified atom stereocenters. The van der Waals surface area contributed by atoms with Gasteiger partial charge in [-0.05, 0) is 39.4 Å². The Bertz CT molecular complexity index is 576. The molecule has 2 aromatic heterocycles. The zero-order valence-electron chi connectivity index (χ0n) is 12.2. The second-order valence-electron chi connectivity index (χ2n) is 5.08. The summed E-state index contributed by atoms with van der Waals surface area (Å²) in [6.07, 6.45) is 2.40. The number of nitrogen functional groups attached to an aromatic ring is 1. The van der Waals surface area contributed by atoms with E-state index in [9.17, 15) is 0 Å². The molecular weight excluding hydrogens is 256 g/mol. The molecule has 104 valence electrons. The van der Waals surface area contributed by atoms with Crippen molar-refractivity contribution in [1.29, 1.82) is 0 Å². The first-order valence-corrected chi connectivity index (χ1v) is 7.55. The normalized spacial score (nSPS) is 11.6. The fraction of sp³-hybridized carbons (Fsp3) is 0.571. The van der Waals surface area contributed by atoms with Crippen LogP contribution in [0.3, 0.4) is 0 Å². The lowest BCUT2D eigenvalue weighted by Crippen LogP contribution is -2.20. The molecule has 0 bridgehead atoms. The van der Waals surface area contributed by atoms with E-state index in [2.05, 4.69) is 42.7 Å². The first-order valence-electron chi connectivity index (χ1n) is 6.73. The molecule has 0 aliphatic rings. The largest absolute Gasteiger partial charge is 0.383 e. The van der Waals surface area contributed by atoms with Crippen molar-refractivity contribution in [1.82, 2.24) is 14.9 Å². The summed E-state index contributed by atoms with van der Waals surface area (Å²) in [4.78, 5) is 13.6. The van der Waals surface area contributed by atoms with Crippen molar-refractivity contribution in [3.63, 3.8) is 0 Å². The fourth-order valence-corrected chi connectivity index (χ4v) is 3.20. The fourth-order valence-electron chi connectivity index (χ4n) is 2.15. The average Bonchev–Trinajstić information content (AvgIpc) is 2.62. The molecule has 0 spiro atoms. The Morgan fingerprint density at radius 1 is 1.26 bits per heavy atom. The number of nitrogens with zero attached hydrogens (tertiary/aromatic N) is 3. The van der Waals surface area contributed by atoms with E-state index in [1.807, 2.05) is 0 Å². The highest BCUT2D eigenvalue weighted by Gasteiger charge is 2.13. The predicted molar refractivity (Wildman–Crippen MR) is 82.5 cm³/mol. The maximum Gasteiger partial charge on any atom is 0.146 e. The Morgan fingerprint density at radius 2 is 2.00 bits per heavy atom. The average molecular weight is 278 g/mol. The summed E-state index contributed by atoms with van der Waals surface area (Å²) in [6.45, 7) is 8.22. The SMILES string of the molecule is CCCCN(C)Cc1nc(N)c2c(C)c(C)sc2n1. The van der Waals surface area contributed by atoms with E-state index in [4.69, 9.17) is 5.73 Å². The molecule has 0 saturated heterocycles. The standard InChI is InChI=1S/C14H22N4S/c1-5-6-7-18(4)8-11-16-13(15)12-9(2)10(3)19-14(12)17-11/h5-8H2,1-4H3,(H2,15,16,17). The Labute approximate surface area is 118 Å². The zero-order valence-corrected chi connectivity index (χ0v) is 13.0. The number of rotatable bonds is 5. The number of aryl methyl sites for hydroxylation is 2. The van der Waals surface area contributed by atoms with E-state index < -0.39 is 0 Å². The van der Waals surface area contributed by atoms with Gasteiger partial charge in [-0.1, -0.05) is 13.3 Å². The van der Waals surface area contributed by atoms with Crippen molar-refractivity contribution in [2.75, 3.05) is 19.3 Å². The molecule has 0 aliphatic heterocycles. The molecule has 0 radical (unpaired) electrons. The van der Waals surface area contributed by atoms with Crippen LogP contribution in [0.15, 0.2) is 0 Å². The van der Waals surface area contributed by atoms with Crippen molar-refractivity contribution in [2.24, 2.45) is 0 Å². The van der Waals surface area contributed by atoms with E-state index in [-0.39, 0.29) is 0 Å². The molecule has 5 heteroatoms. The van der Waals surface area contributed by atoms with Crippen LogP contribution in [0.2, 0.25) is 0 Å². The van der Waals surface area contributed by atoms with Crippen LogP contribution < -0.4 is 5.73 Å². The van der Waals surface area contributed by atoms with Crippen LogP contribution in [-0.2, 0) is 6.54 Å². The molecule has 0 fully saturated rings. The number of fused-ring (bicyclic) bond motifs is 1. The van der Waals surface area contributed by atoms with E-state index in [0.717, 1.165) is 29.1 Å². The summed E-state index contributed by atoms with van der Waals surface area (Å²) in [6, 6.07) is 0. The lowest BCUT2D eigenvalue weighted by atomic mass is 10.2. The third-order valence-corrected chi connectivity index (χ3v) is 4.51. The summed E-state index contributed by atoms with van der Waals surface area (Å²) >= 11 is 1.70. The number of unbranched alkanes of at least 4 members (excludes halogenated alkanes) is 1. The summed E-state index contributed by atoms with van der Waals surface area (Å²) < 4.78 is 0. The molecular formula is C14H22N4S. The monoisotopic (exact) mass is 278 g/mol. The second kappa shape index (κ2) is 5.84. The van der Waals surface area contributed by atoms with Gasteiger partial charge in [0.25, 0.3) is 0 Å². The molecule has 0 aromatic carbocycles. The molecule has 0 saturated carbocycles. The van der Waals surface area contributed by atoms with Gasteiger partial charge >= 0.3 is 0 Å². The van der Waals surface area contributed by atoms with Gasteiger partial charge in [0.05, 0.1) is 11.9 Å². The van der Waals surface area contributed by atoms with Gasteiger partial charge in [-0.25, -0.2) is 9.97 Å². The molecule has 0 amide bonds. The number of thiophene rings is 1. The first-order chi connectivity index (χ1) is 9.02. The molecule has 0 atom stereocenters. The number of aromatic nitrogens is 2. The molecule has 2 aromatic rings. The summed E-state index contributed by atoms with van der Waals surface area (Å²) in [5.74, 6) is 1.44. The highest BCUT2D eigenvalue weighted by molar-refractivity contribution is 7.18. The molecule has 2 N–H and O–H groups in total. The summed E-state index contributed by atoms with van der Waals surface area (Å²) in [7, 11) is 2.10. The minimum absolute atomic E-state index is 0.616. The topological polar surface area (TPSA) is 55.0 Å². The highest BCUT2D eigenvalue weighted by atomic mass is 32.1. The van der Waals surface area contributed by atoms with Crippen LogP contribution in [0, 0.1) is 13.8 Å². The summed E-state index contributed by atoms with van der Waals surface area (Å²) in [5.41, 5.74) is 7.30. The van der Waals surface area contributed by atoms with Gasteiger partial charge in [-0.3, -0.25) is 4.90 Å². The van der Waals surface area contributed by atoms with Crippen molar-refractivity contribution < 1.29 is 0 Å². The van der Waals surface area contributed by atoms with E-state index >= 15 is 0 Å². The van der Waals surface area contributed by atoms with Crippen molar-refractivity contribution in [2.45, 2.75) is 40.2 Å². The maximum absolute atomic E-state index is 6.08. The molecule has 19 heavy (non-hydrogen) atoms. The van der Waals surface area contributed by atoms with Crippen LogP contribution in [0.25, 0.3) is 10.2 Å². The molecule has 2 heterocycles. The minimum atomic E-state index is 0.616. The van der Waals surface area contributed by atoms with Gasteiger partial charge in [0, 0.05) is 4.88 Å². The minimum Gasteiger partial charge on any atom is -0.383 e. The van der Waals surface area contributed by atoms with Crippen molar-refractivity contribution in [3.8, 4) is 0 Å². The van der Waals surface area contributed by atoms with Crippen LogP contribution >= 0.6 is 11.3 Å². The number of anilines is 1. The van der Waals surface area contributed by atoms with E-state index in [1.165, 1.54) is 23.3 Å². The van der Waals surface area contributed by atoms with Crippen LogP contribution in [-0.4, -0.2) is 28.5 Å². The summed E-state index contributed by atoms with van der Waals surface area (Å²) in [5, 5.41) is 1.03. The number of hydrogen-bond donors (Lipinski definition) is 1. The predicted octanol–water partition coefficient (Wildman–Crippen LogP) is 3.12. The van der Waals surface area contributed by atoms with Crippen LogP contribution in [0.4, 0.5) is 5.82 Å². The quantitative estimate of drug-likeness (QED) is 0.913. The van der Waals surface area contributed by atoms with Gasteiger partial charge in [0.2, 0.25) is 0 Å². The molecule has 4 nitrogen and oxygen atoms in total. The van der Waals surface area contributed by atoms with Crippen LogP contribution in [0.1, 0.15) is 36.0 Å². The Morgan fingerprint density at radius 3 is 2.68 bits per heavy atom. The highest BCUT2D eigenvalue weighted by Crippen LogP contribution is 2.31. The zero-order chi connectivity index (χ0) is 14.0. The Kier molecular flexibility index (Phi) is 4.37. The Balaban J connectivity index is 2.26. The third-order valence-electron chi connectivity index (χ3n) is 3.41. The Hall–Kier alpha value is -1.20. The number of nitrogens with two attached hydrogens (primary N) is 1. The number of hydrogen-bond acceptors (Lipinski definition) is 5. The van der Waals surface area contributed by atoms with Gasteiger partial charge in [0.15, 0.2) is 0 Å². The molecule has 0 aliphatic carbocycles. The van der Waals surface area contributed by atoms with Gasteiger partial charge in [0.1, 0.15) is 16.5 Å². The first kappa shape index (κ1) is 14.2. The second-order valence-corrected chi connectivity index (χ2v) is 6.28. The van der Waals surface area contributed by atoms with E-state index in [0.29, 0.717) is 5.82 Å². The van der Waals surface area contributed by atoms with Gasteiger partial charge < -0.3 is 5.73 Å². The van der Waals surface area contributed by atoms with Gasteiger partial charge in [-0.15, -0.1) is 11.3 Å². The van der Waals surface area contributed by atoms with Crippen LogP contribution in [0.5, 0.6) is 0 Å². The van der Waals surface area contributed by atoms with Gasteiger partial charge in [-0.2, -0.15) is 0 Å². The van der Waals surface area contributed by atoms with Crippen molar-refractivity contribution in [3.05, 3.63) is 16.3 Å².